The lowest BCUT2D eigenvalue weighted by atomic mass is 9.94. The quantitative estimate of drug-likeness (QED) is 0.755. The van der Waals surface area contributed by atoms with Crippen molar-refractivity contribution in [1.29, 1.82) is 0 Å². The normalized spacial score (nSPS) is 21.2. The largest absolute Gasteiger partial charge is 0.497 e. The van der Waals surface area contributed by atoms with E-state index < -0.39 is 12.0 Å². The van der Waals surface area contributed by atoms with Crippen LogP contribution < -0.4 is 4.74 Å². The topological polar surface area (TPSA) is 63.7 Å². The number of benzene rings is 1. The Bertz CT molecular complexity index is 623. The van der Waals surface area contributed by atoms with Crippen molar-refractivity contribution in [3.8, 4) is 5.75 Å². The van der Waals surface area contributed by atoms with Crippen LogP contribution in [-0.2, 0) is 20.9 Å². The highest BCUT2D eigenvalue weighted by atomic mass is 16.5. The summed E-state index contributed by atoms with van der Waals surface area (Å²) in [6.07, 6.45) is 0.568. The highest BCUT2D eigenvalue weighted by Crippen LogP contribution is 2.29. The standard InChI is InChI=1S/C18H23NO4/c1-11(2)8-15-17(21)16(12(3)20)18(22)19(15)10-13-6-5-7-14(9-13)23-4/h5-7,9,11,15-16H,8,10H2,1-4H3/t15-,16?/m0/s1. The Labute approximate surface area is 136 Å². The Hall–Kier alpha value is -2.17. The van der Waals surface area contributed by atoms with Crippen molar-refractivity contribution in [1.82, 2.24) is 4.90 Å². The van der Waals surface area contributed by atoms with E-state index in [0.29, 0.717) is 18.7 Å². The van der Waals surface area contributed by atoms with Gasteiger partial charge in [-0.3, -0.25) is 14.4 Å². The predicted octanol–water partition coefficient (Wildman–Crippen LogP) is 2.23. The number of likely N-dealkylation sites (tertiary alicyclic amines) is 1. The zero-order valence-electron chi connectivity index (χ0n) is 14.0. The Morgan fingerprint density at radius 3 is 2.57 bits per heavy atom. The Balaban J connectivity index is 2.30. The SMILES string of the molecule is COc1cccc(CN2C(=O)C(C(C)=O)C(=O)[C@@H]2CC(C)C)c1. The number of ether oxygens (including phenoxy) is 1. The van der Waals surface area contributed by atoms with Crippen molar-refractivity contribution in [3.63, 3.8) is 0 Å². The van der Waals surface area contributed by atoms with Gasteiger partial charge in [-0.2, -0.15) is 0 Å². The van der Waals surface area contributed by atoms with E-state index in [2.05, 4.69) is 0 Å². The highest BCUT2D eigenvalue weighted by molar-refractivity contribution is 6.23. The van der Waals surface area contributed by atoms with E-state index in [9.17, 15) is 14.4 Å². The van der Waals surface area contributed by atoms with Crippen molar-refractivity contribution in [2.45, 2.75) is 39.8 Å². The number of rotatable bonds is 6. The Kier molecular flexibility index (Phi) is 5.19. The number of hydrogen-bond acceptors (Lipinski definition) is 4. The maximum atomic E-state index is 12.6. The lowest BCUT2D eigenvalue weighted by molar-refractivity contribution is -0.138. The molecule has 0 aromatic heterocycles. The summed E-state index contributed by atoms with van der Waals surface area (Å²) >= 11 is 0. The summed E-state index contributed by atoms with van der Waals surface area (Å²) in [7, 11) is 1.58. The van der Waals surface area contributed by atoms with Gasteiger partial charge in [-0.25, -0.2) is 0 Å². The summed E-state index contributed by atoms with van der Waals surface area (Å²) in [5.41, 5.74) is 0.878. The molecule has 0 spiro atoms. The van der Waals surface area contributed by atoms with Gasteiger partial charge in [0.15, 0.2) is 11.7 Å². The first kappa shape index (κ1) is 17.2. The first-order chi connectivity index (χ1) is 10.8. The van der Waals surface area contributed by atoms with Crippen molar-refractivity contribution in [2.24, 2.45) is 11.8 Å². The summed E-state index contributed by atoms with van der Waals surface area (Å²) in [6.45, 7) is 5.62. The van der Waals surface area contributed by atoms with Gasteiger partial charge in [0, 0.05) is 6.54 Å². The molecular weight excluding hydrogens is 294 g/mol. The summed E-state index contributed by atoms with van der Waals surface area (Å²) in [5, 5.41) is 0. The van der Waals surface area contributed by atoms with Crippen LogP contribution in [0.3, 0.4) is 0 Å². The number of nitrogens with zero attached hydrogens (tertiary/aromatic N) is 1. The van der Waals surface area contributed by atoms with Crippen LogP contribution in [0, 0.1) is 11.8 Å². The van der Waals surface area contributed by atoms with Gasteiger partial charge in [0.05, 0.1) is 13.2 Å². The summed E-state index contributed by atoms with van der Waals surface area (Å²) in [4.78, 5) is 38.3. The van der Waals surface area contributed by atoms with E-state index in [-0.39, 0.29) is 23.4 Å². The number of hydrogen-bond donors (Lipinski definition) is 0. The summed E-state index contributed by atoms with van der Waals surface area (Å²) < 4.78 is 5.19. The van der Waals surface area contributed by atoms with E-state index in [4.69, 9.17) is 4.74 Å². The van der Waals surface area contributed by atoms with Crippen molar-refractivity contribution >= 4 is 17.5 Å². The molecule has 1 heterocycles. The summed E-state index contributed by atoms with van der Waals surface area (Å²) in [5.74, 6) is -1.19. The van der Waals surface area contributed by atoms with Gasteiger partial charge in [0.25, 0.3) is 0 Å². The van der Waals surface area contributed by atoms with Crippen LogP contribution in [0.5, 0.6) is 5.75 Å². The fourth-order valence-corrected chi connectivity index (χ4v) is 3.01. The predicted molar refractivity (Wildman–Crippen MR) is 86.0 cm³/mol. The monoisotopic (exact) mass is 317 g/mol. The number of methoxy groups -OCH3 is 1. The molecular formula is C18H23NO4. The minimum Gasteiger partial charge on any atom is -0.497 e. The molecule has 23 heavy (non-hydrogen) atoms. The van der Waals surface area contributed by atoms with Crippen LogP contribution in [0.1, 0.15) is 32.8 Å². The summed E-state index contributed by atoms with van der Waals surface area (Å²) in [6, 6.07) is 6.86. The zero-order chi connectivity index (χ0) is 17.1. The Morgan fingerprint density at radius 1 is 1.30 bits per heavy atom. The molecule has 0 saturated carbocycles. The lowest BCUT2D eigenvalue weighted by Crippen LogP contribution is -2.36. The van der Waals surface area contributed by atoms with Crippen LogP contribution in [0.25, 0.3) is 0 Å². The maximum absolute atomic E-state index is 12.6. The molecule has 2 rings (SSSR count). The Morgan fingerprint density at radius 2 is 2.00 bits per heavy atom. The number of carbonyl (C=O) groups excluding carboxylic acids is 3. The van der Waals surface area contributed by atoms with Gasteiger partial charge >= 0.3 is 0 Å². The molecule has 1 saturated heterocycles. The van der Waals surface area contributed by atoms with Crippen molar-refractivity contribution in [2.75, 3.05) is 7.11 Å². The highest BCUT2D eigenvalue weighted by Gasteiger charge is 2.49. The van der Waals surface area contributed by atoms with E-state index in [1.54, 1.807) is 12.0 Å². The van der Waals surface area contributed by atoms with Crippen LogP contribution in [-0.4, -0.2) is 35.5 Å². The number of Topliss-reactive ketones (excluding diaryl/α,β-unsaturated/α-hetero) is 2. The fourth-order valence-electron chi connectivity index (χ4n) is 3.01. The van der Waals surface area contributed by atoms with Crippen molar-refractivity contribution < 1.29 is 19.1 Å². The van der Waals surface area contributed by atoms with Crippen molar-refractivity contribution in [3.05, 3.63) is 29.8 Å². The molecule has 2 atom stereocenters. The third kappa shape index (κ3) is 3.60. The fraction of sp³-hybridized carbons (Fsp3) is 0.500. The van der Waals surface area contributed by atoms with Gasteiger partial charge in [-0.1, -0.05) is 26.0 Å². The second-order valence-electron chi connectivity index (χ2n) is 6.41. The van der Waals surface area contributed by atoms with Crippen LogP contribution in [0.2, 0.25) is 0 Å². The molecule has 0 radical (unpaired) electrons. The average molecular weight is 317 g/mol. The minimum atomic E-state index is -1.13. The van der Waals surface area contributed by atoms with Gasteiger partial charge < -0.3 is 9.64 Å². The molecule has 1 aliphatic rings. The number of carbonyl (C=O) groups is 3. The zero-order valence-corrected chi connectivity index (χ0v) is 14.0. The van der Waals surface area contributed by atoms with E-state index in [1.807, 2.05) is 38.1 Å². The molecule has 5 heteroatoms. The van der Waals surface area contributed by atoms with Gasteiger partial charge in [-0.15, -0.1) is 0 Å². The molecule has 1 aliphatic heterocycles. The maximum Gasteiger partial charge on any atom is 0.241 e. The molecule has 1 amide bonds. The molecule has 0 aliphatic carbocycles. The van der Waals surface area contributed by atoms with Crippen LogP contribution in [0.4, 0.5) is 0 Å². The van der Waals surface area contributed by atoms with Gasteiger partial charge in [0.2, 0.25) is 5.91 Å². The molecule has 5 nitrogen and oxygen atoms in total. The minimum absolute atomic E-state index is 0.260. The van der Waals surface area contributed by atoms with Gasteiger partial charge in [0.1, 0.15) is 11.5 Å². The van der Waals surface area contributed by atoms with E-state index >= 15 is 0 Å². The van der Waals surface area contributed by atoms with E-state index in [1.165, 1.54) is 6.92 Å². The number of ketones is 2. The molecule has 0 N–H and O–H groups in total. The number of amides is 1. The molecule has 0 bridgehead atoms. The third-order valence-electron chi connectivity index (χ3n) is 4.11. The van der Waals surface area contributed by atoms with Gasteiger partial charge in [-0.05, 0) is 37.0 Å². The lowest BCUT2D eigenvalue weighted by Gasteiger charge is -2.25. The van der Waals surface area contributed by atoms with E-state index in [0.717, 1.165) is 5.56 Å². The molecule has 1 unspecified atom stereocenters. The molecule has 124 valence electrons. The third-order valence-corrected chi connectivity index (χ3v) is 4.11. The molecule has 1 aromatic carbocycles. The van der Waals surface area contributed by atoms with Crippen LogP contribution >= 0.6 is 0 Å². The first-order valence-electron chi connectivity index (χ1n) is 7.82. The smallest absolute Gasteiger partial charge is 0.241 e. The second-order valence-corrected chi connectivity index (χ2v) is 6.41. The molecule has 1 aromatic rings. The average Bonchev–Trinajstić information content (AvgIpc) is 2.71. The first-order valence-corrected chi connectivity index (χ1v) is 7.82. The van der Waals surface area contributed by atoms with Crippen LogP contribution in [0.15, 0.2) is 24.3 Å². The molecule has 1 fully saturated rings. The second kappa shape index (κ2) is 6.94.